The Hall–Kier alpha value is -1.62. The maximum absolute atomic E-state index is 9.05. The van der Waals surface area contributed by atoms with E-state index in [2.05, 4.69) is 6.58 Å². The summed E-state index contributed by atoms with van der Waals surface area (Å²) in [7, 11) is 0. The minimum Gasteiger partial charge on any atom is -0.506 e. The average molecular weight is 171 g/mol. The van der Waals surface area contributed by atoms with Crippen LogP contribution in [0.1, 0.15) is 0 Å². The Balaban J connectivity index is 3.27. The van der Waals surface area contributed by atoms with E-state index in [1.807, 2.05) is 0 Å². The molecule has 5 heteroatoms. The van der Waals surface area contributed by atoms with Gasteiger partial charge in [-0.05, 0) is 0 Å². The lowest BCUT2D eigenvalue weighted by atomic mass is 9.98. The van der Waals surface area contributed by atoms with E-state index in [1.165, 1.54) is 0 Å². The molecule has 0 spiro atoms. The summed E-state index contributed by atoms with van der Waals surface area (Å²) in [6.45, 7) is 3.31. The second-order valence-electron chi connectivity index (χ2n) is 2.43. The van der Waals surface area contributed by atoms with E-state index in [9.17, 15) is 0 Å². The lowest BCUT2D eigenvalue weighted by Crippen LogP contribution is -2.30. The van der Waals surface area contributed by atoms with Crippen molar-refractivity contribution in [2.75, 3.05) is 0 Å². The van der Waals surface area contributed by atoms with Gasteiger partial charge in [-0.3, -0.25) is 0 Å². The van der Waals surface area contributed by atoms with E-state index in [4.69, 9.17) is 26.2 Å². The van der Waals surface area contributed by atoms with E-state index >= 15 is 0 Å². The number of hydrogen-bond acceptors (Lipinski definition) is 5. The monoisotopic (exact) mass is 171 g/mol. The second kappa shape index (κ2) is 2.46. The van der Waals surface area contributed by atoms with Crippen LogP contribution >= 0.6 is 0 Å². The number of rotatable bonds is 0. The van der Waals surface area contributed by atoms with Gasteiger partial charge in [0, 0.05) is 5.57 Å². The summed E-state index contributed by atoms with van der Waals surface area (Å²) >= 11 is 0. The van der Waals surface area contributed by atoms with Crippen LogP contribution in [0.3, 0.4) is 0 Å². The van der Waals surface area contributed by atoms with Crippen molar-refractivity contribution in [2.45, 2.75) is 6.04 Å². The predicted molar refractivity (Wildman–Crippen MR) is 41.7 cm³/mol. The zero-order valence-electron chi connectivity index (χ0n) is 6.15. The highest BCUT2D eigenvalue weighted by Crippen LogP contribution is 2.26. The lowest BCUT2D eigenvalue weighted by molar-refractivity contribution is 0.238. The van der Waals surface area contributed by atoms with E-state index in [-0.39, 0.29) is 5.57 Å². The van der Waals surface area contributed by atoms with Gasteiger partial charge in [0.2, 0.25) is 11.5 Å². The summed E-state index contributed by atoms with van der Waals surface area (Å²) in [6, 6.07) is -1.07. The maximum atomic E-state index is 9.05. The SMILES string of the molecule is C=C1C(O)=C(O)C(O)=C(O)C1N. The molecule has 0 radical (unpaired) electrons. The molecule has 0 aromatic heterocycles. The van der Waals surface area contributed by atoms with Crippen LogP contribution in [0.5, 0.6) is 0 Å². The summed E-state index contributed by atoms with van der Waals surface area (Å²) in [5.41, 5.74) is 5.25. The van der Waals surface area contributed by atoms with E-state index in [0.29, 0.717) is 0 Å². The summed E-state index contributed by atoms with van der Waals surface area (Å²) in [5.74, 6) is -2.82. The van der Waals surface area contributed by atoms with Crippen LogP contribution in [-0.4, -0.2) is 26.5 Å². The van der Waals surface area contributed by atoms with Gasteiger partial charge in [0.05, 0.1) is 6.04 Å². The fraction of sp³-hybridized carbons (Fsp3) is 0.143. The van der Waals surface area contributed by atoms with Crippen LogP contribution in [0.15, 0.2) is 35.2 Å². The summed E-state index contributed by atoms with van der Waals surface area (Å²) in [5, 5.41) is 36.0. The molecule has 1 aliphatic carbocycles. The highest BCUT2D eigenvalue weighted by atomic mass is 16.4. The first kappa shape index (κ1) is 8.48. The fourth-order valence-electron chi connectivity index (χ4n) is 0.845. The normalized spacial score (nSPS) is 25.1. The van der Waals surface area contributed by atoms with Gasteiger partial charge >= 0.3 is 0 Å². The van der Waals surface area contributed by atoms with Crippen molar-refractivity contribution in [3.05, 3.63) is 35.2 Å². The molecule has 1 aliphatic rings. The number of nitrogens with two attached hydrogens (primary N) is 1. The van der Waals surface area contributed by atoms with E-state index in [1.54, 1.807) is 0 Å². The van der Waals surface area contributed by atoms with Crippen molar-refractivity contribution in [1.29, 1.82) is 0 Å². The second-order valence-corrected chi connectivity index (χ2v) is 2.43. The molecule has 0 saturated carbocycles. The molecule has 0 aliphatic heterocycles. The molecule has 1 unspecified atom stereocenters. The molecular formula is C7H9NO4. The molecule has 0 amide bonds. The zero-order chi connectivity index (χ0) is 9.46. The van der Waals surface area contributed by atoms with Crippen molar-refractivity contribution < 1.29 is 20.4 Å². The Morgan fingerprint density at radius 3 is 2.00 bits per heavy atom. The third-order valence-electron chi connectivity index (χ3n) is 1.67. The minimum atomic E-state index is -1.07. The highest BCUT2D eigenvalue weighted by molar-refractivity contribution is 5.45. The molecule has 0 aromatic rings. The van der Waals surface area contributed by atoms with Crippen molar-refractivity contribution in [2.24, 2.45) is 5.73 Å². The first-order chi connectivity index (χ1) is 5.46. The van der Waals surface area contributed by atoms with Gasteiger partial charge in [-0.25, -0.2) is 0 Å². The molecular weight excluding hydrogens is 162 g/mol. The molecule has 1 rings (SSSR count). The molecule has 0 saturated heterocycles. The first-order valence-corrected chi connectivity index (χ1v) is 3.16. The minimum absolute atomic E-state index is 0.0391. The van der Waals surface area contributed by atoms with Crippen LogP contribution in [0.25, 0.3) is 0 Å². The maximum Gasteiger partial charge on any atom is 0.204 e. The molecule has 6 N–H and O–H groups in total. The number of aliphatic hydroxyl groups excluding tert-OH is 4. The van der Waals surface area contributed by atoms with Crippen molar-refractivity contribution in [3.63, 3.8) is 0 Å². The summed E-state index contributed by atoms with van der Waals surface area (Å²) < 4.78 is 0. The smallest absolute Gasteiger partial charge is 0.204 e. The highest BCUT2D eigenvalue weighted by Gasteiger charge is 2.29. The quantitative estimate of drug-likeness (QED) is 0.365. The number of hydrogen-bond donors (Lipinski definition) is 5. The Kier molecular flexibility index (Phi) is 1.73. The number of aliphatic hydroxyl groups is 4. The van der Waals surface area contributed by atoms with Gasteiger partial charge in [-0.2, -0.15) is 0 Å². The van der Waals surface area contributed by atoms with Gasteiger partial charge < -0.3 is 26.2 Å². The van der Waals surface area contributed by atoms with Crippen LogP contribution in [-0.2, 0) is 0 Å². The third kappa shape index (κ3) is 0.911. The molecule has 0 aromatic carbocycles. The van der Waals surface area contributed by atoms with Crippen LogP contribution in [0.4, 0.5) is 0 Å². The largest absolute Gasteiger partial charge is 0.506 e. The van der Waals surface area contributed by atoms with Crippen LogP contribution < -0.4 is 5.73 Å². The van der Waals surface area contributed by atoms with Crippen molar-refractivity contribution in [3.8, 4) is 0 Å². The predicted octanol–water partition coefficient (Wildman–Crippen LogP) is 0.539. The molecule has 5 nitrogen and oxygen atoms in total. The third-order valence-corrected chi connectivity index (χ3v) is 1.67. The first-order valence-electron chi connectivity index (χ1n) is 3.16. The van der Waals surface area contributed by atoms with Crippen LogP contribution in [0.2, 0.25) is 0 Å². The van der Waals surface area contributed by atoms with Gasteiger partial charge in [-0.15, -0.1) is 0 Å². The fourth-order valence-corrected chi connectivity index (χ4v) is 0.845. The van der Waals surface area contributed by atoms with Crippen molar-refractivity contribution in [1.82, 2.24) is 0 Å². The van der Waals surface area contributed by atoms with E-state index in [0.717, 1.165) is 0 Å². The zero-order valence-corrected chi connectivity index (χ0v) is 6.15. The van der Waals surface area contributed by atoms with Crippen molar-refractivity contribution >= 4 is 0 Å². The Morgan fingerprint density at radius 2 is 1.50 bits per heavy atom. The Morgan fingerprint density at radius 1 is 1.00 bits per heavy atom. The summed E-state index contributed by atoms with van der Waals surface area (Å²) in [6.07, 6.45) is 0. The van der Waals surface area contributed by atoms with E-state index < -0.39 is 29.1 Å². The molecule has 1 atom stereocenters. The van der Waals surface area contributed by atoms with Gasteiger partial charge in [-0.1, -0.05) is 6.58 Å². The lowest BCUT2D eigenvalue weighted by Gasteiger charge is -2.20. The molecule has 0 bridgehead atoms. The molecule has 12 heavy (non-hydrogen) atoms. The summed E-state index contributed by atoms with van der Waals surface area (Å²) in [4.78, 5) is 0. The molecule has 66 valence electrons. The Labute approximate surface area is 68.4 Å². The standard InChI is InChI=1S/C7H9NO4/c1-2-3(8)5(10)7(12)6(11)4(2)9/h3,9-12H,1,8H2. The van der Waals surface area contributed by atoms with Gasteiger partial charge in [0.1, 0.15) is 0 Å². The van der Waals surface area contributed by atoms with Gasteiger partial charge in [0.15, 0.2) is 11.5 Å². The topological polar surface area (TPSA) is 107 Å². The van der Waals surface area contributed by atoms with Gasteiger partial charge in [0.25, 0.3) is 0 Å². The average Bonchev–Trinajstić information content (AvgIpc) is 2.08. The Bertz CT molecular complexity index is 303. The van der Waals surface area contributed by atoms with Crippen LogP contribution in [0, 0.1) is 0 Å². The molecule has 0 fully saturated rings. The molecule has 0 heterocycles.